The smallest absolute Gasteiger partial charge is 0.111 e. The van der Waals surface area contributed by atoms with Crippen molar-refractivity contribution in [2.45, 2.75) is 57.2 Å². The van der Waals surface area contributed by atoms with Gasteiger partial charge in [-0.05, 0) is 44.4 Å². The van der Waals surface area contributed by atoms with Crippen molar-refractivity contribution in [1.82, 2.24) is 19.4 Å². The molecule has 1 saturated heterocycles. The molecule has 5 rings (SSSR count). The highest BCUT2D eigenvalue weighted by molar-refractivity contribution is 7.18. The summed E-state index contributed by atoms with van der Waals surface area (Å²) < 4.78 is 3.75. The predicted octanol–water partition coefficient (Wildman–Crippen LogP) is 4.95. The molecular weight excluding hydrogens is 328 g/mol. The molecule has 1 aliphatic carbocycles. The fraction of sp³-hybridized carbons (Fsp3) is 0.500. The molecule has 0 radical (unpaired) electrons. The molecule has 0 bridgehead atoms. The van der Waals surface area contributed by atoms with Crippen LogP contribution < -0.4 is 0 Å². The molecule has 0 unspecified atom stereocenters. The van der Waals surface area contributed by atoms with Crippen LogP contribution in [0, 0.1) is 0 Å². The van der Waals surface area contributed by atoms with Crippen LogP contribution in [-0.2, 0) is 6.54 Å². The number of benzene rings is 1. The molecule has 5 heteroatoms. The summed E-state index contributed by atoms with van der Waals surface area (Å²) in [5.41, 5.74) is 2.52. The Hall–Kier alpha value is -1.72. The highest BCUT2D eigenvalue weighted by Crippen LogP contribution is 2.38. The zero-order chi connectivity index (χ0) is 16.6. The van der Waals surface area contributed by atoms with E-state index in [4.69, 9.17) is 4.98 Å². The molecule has 2 fully saturated rings. The van der Waals surface area contributed by atoms with Gasteiger partial charge in [-0.1, -0.05) is 25.0 Å². The molecule has 3 heterocycles. The van der Waals surface area contributed by atoms with E-state index in [1.165, 1.54) is 53.9 Å². The number of aromatic nitrogens is 3. The van der Waals surface area contributed by atoms with Crippen LogP contribution in [0.1, 0.15) is 61.3 Å². The highest BCUT2D eigenvalue weighted by Gasteiger charge is 2.30. The van der Waals surface area contributed by atoms with Crippen LogP contribution in [0.25, 0.3) is 10.2 Å². The van der Waals surface area contributed by atoms with Gasteiger partial charge in [0.25, 0.3) is 0 Å². The van der Waals surface area contributed by atoms with E-state index >= 15 is 0 Å². The van der Waals surface area contributed by atoms with Gasteiger partial charge in [-0.3, -0.25) is 4.90 Å². The summed E-state index contributed by atoms with van der Waals surface area (Å²) in [5, 5.41) is 1.28. The maximum atomic E-state index is 4.93. The third-order valence-electron chi connectivity index (χ3n) is 5.79. The van der Waals surface area contributed by atoms with Gasteiger partial charge in [0.05, 0.1) is 28.3 Å². The summed E-state index contributed by atoms with van der Waals surface area (Å²) in [5.74, 6) is 0. The number of hydrogen-bond donors (Lipinski definition) is 0. The van der Waals surface area contributed by atoms with Gasteiger partial charge < -0.3 is 4.57 Å². The summed E-state index contributed by atoms with van der Waals surface area (Å²) in [7, 11) is 0. The molecule has 2 aromatic heterocycles. The van der Waals surface area contributed by atoms with Gasteiger partial charge in [0.1, 0.15) is 5.01 Å². The molecule has 25 heavy (non-hydrogen) atoms. The van der Waals surface area contributed by atoms with E-state index < -0.39 is 0 Å². The lowest BCUT2D eigenvalue weighted by atomic mass is 10.2. The van der Waals surface area contributed by atoms with Crippen molar-refractivity contribution in [3.63, 3.8) is 0 Å². The van der Waals surface area contributed by atoms with Crippen LogP contribution in [0.4, 0.5) is 0 Å². The first-order chi connectivity index (χ1) is 12.4. The number of fused-ring (bicyclic) bond motifs is 1. The molecule has 1 aromatic carbocycles. The summed E-state index contributed by atoms with van der Waals surface area (Å²) >= 11 is 1.87. The molecule has 4 nitrogen and oxygen atoms in total. The number of thiazole rings is 1. The molecule has 0 N–H and O–H groups in total. The number of hydrogen-bond acceptors (Lipinski definition) is 4. The zero-order valence-corrected chi connectivity index (χ0v) is 15.3. The molecule has 1 atom stereocenters. The van der Waals surface area contributed by atoms with Crippen LogP contribution in [0.2, 0.25) is 0 Å². The van der Waals surface area contributed by atoms with Crippen molar-refractivity contribution in [1.29, 1.82) is 0 Å². The zero-order valence-electron chi connectivity index (χ0n) is 14.5. The number of para-hydroxylation sites is 1. The van der Waals surface area contributed by atoms with Gasteiger partial charge in [0, 0.05) is 18.8 Å². The lowest BCUT2D eigenvalue weighted by molar-refractivity contribution is 0.239. The second kappa shape index (κ2) is 6.54. The normalized spacial score (nSPS) is 22.3. The average Bonchev–Trinajstić information content (AvgIpc) is 3.41. The van der Waals surface area contributed by atoms with Crippen molar-refractivity contribution < 1.29 is 0 Å². The predicted molar refractivity (Wildman–Crippen MR) is 102 cm³/mol. The van der Waals surface area contributed by atoms with Crippen LogP contribution >= 0.6 is 11.3 Å². The Morgan fingerprint density at radius 3 is 2.84 bits per heavy atom. The Balaban J connectivity index is 1.39. The first kappa shape index (κ1) is 15.5. The molecule has 3 aromatic rings. The van der Waals surface area contributed by atoms with Gasteiger partial charge in [0.15, 0.2) is 0 Å². The van der Waals surface area contributed by atoms with E-state index in [0.29, 0.717) is 12.1 Å². The number of rotatable bonds is 4. The highest BCUT2D eigenvalue weighted by atomic mass is 32.1. The summed E-state index contributed by atoms with van der Waals surface area (Å²) in [6, 6.07) is 9.63. The largest absolute Gasteiger partial charge is 0.330 e. The number of nitrogens with zero attached hydrogens (tertiary/aromatic N) is 4. The Labute approximate surface area is 152 Å². The summed E-state index contributed by atoms with van der Waals surface area (Å²) in [4.78, 5) is 12.0. The summed E-state index contributed by atoms with van der Waals surface area (Å²) in [6.07, 6.45) is 12.0. The monoisotopic (exact) mass is 352 g/mol. The minimum absolute atomic E-state index is 0.462. The molecule has 1 saturated carbocycles. The Morgan fingerprint density at radius 2 is 1.96 bits per heavy atom. The third kappa shape index (κ3) is 2.89. The minimum atomic E-state index is 0.462. The van der Waals surface area contributed by atoms with Crippen LogP contribution in [-0.4, -0.2) is 26.0 Å². The number of likely N-dealkylation sites (tertiary alicyclic amines) is 1. The van der Waals surface area contributed by atoms with E-state index in [-0.39, 0.29) is 0 Å². The van der Waals surface area contributed by atoms with E-state index in [2.05, 4.69) is 44.9 Å². The standard InChI is InChI=1S/C20H24N4S/c1-2-7-15(6-1)24-14-21-12-16(24)13-23-11-5-9-18(23)20-22-17-8-3-4-10-19(17)25-20/h3-4,8,10,12,14-15,18H,1-2,5-7,9,11,13H2/t18-/m0/s1. The fourth-order valence-corrected chi connectivity index (χ4v) is 5.64. The molecule has 130 valence electrons. The second-order valence-corrected chi connectivity index (χ2v) is 8.44. The van der Waals surface area contributed by atoms with Gasteiger partial charge >= 0.3 is 0 Å². The Bertz CT molecular complexity index is 828. The van der Waals surface area contributed by atoms with Crippen molar-refractivity contribution >= 4 is 21.6 Å². The molecule has 1 aliphatic heterocycles. The summed E-state index contributed by atoms with van der Waals surface area (Å²) in [6.45, 7) is 2.16. The SMILES string of the molecule is c1ccc2sc([C@@H]3CCCN3Cc3cncn3C3CCCC3)nc2c1. The van der Waals surface area contributed by atoms with Gasteiger partial charge in [-0.2, -0.15) is 0 Å². The van der Waals surface area contributed by atoms with E-state index in [0.717, 1.165) is 18.6 Å². The quantitative estimate of drug-likeness (QED) is 0.666. The lowest BCUT2D eigenvalue weighted by Gasteiger charge is -2.24. The van der Waals surface area contributed by atoms with E-state index in [1.54, 1.807) is 0 Å². The Kier molecular flexibility index (Phi) is 4.06. The molecule has 2 aliphatic rings. The maximum Gasteiger partial charge on any atom is 0.111 e. The Morgan fingerprint density at radius 1 is 1.08 bits per heavy atom. The third-order valence-corrected chi connectivity index (χ3v) is 6.93. The van der Waals surface area contributed by atoms with Crippen molar-refractivity contribution in [3.05, 3.63) is 47.5 Å². The van der Waals surface area contributed by atoms with Crippen LogP contribution in [0.5, 0.6) is 0 Å². The topological polar surface area (TPSA) is 34.0 Å². The first-order valence-electron chi connectivity index (χ1n) is 9.49. The fourth-order valence-electron chi connectivity index (χ4n) is 4.50. The van der Waals surface area contributed by atoms with Crippen molar-refractivity contribution in [2.24, 2.45) is 0 Å². The number of imidazole rings is 1. The maximum absolute atomic E-state index is 4.93. The van der Waals surface area contributed by atoms with E-state index in [1.807, 2.05) is 17.7 Å². The lowest BCUT2D eigenvalue weighted by Crippen LogP contribution is -2.24. The first-order valence-corrected chi connectivity index (χ1v) is 10.3. The molecule has 0 spiro atoms. The van der Waals surface area contributed by atoms with Gasteiger partial charge in [0.2, 0.25) is 0 Å². The van der Waals surface area contributed by atoms with Gasteiger partial charge in [-0.25, -0.2) is 9.97 Å². The van der Waals surface area contributed by atoms with Crippen molar-refractivity contribution in [2.75, 3.05) is 6.54 Å². The van der Waals surface area contributed by atoms with Gasteiger partial charge in [-0.15, -0.1) is 11.3 Å². The molecule has 0 amide bonds. The van der Waals surface area contributed by atoms with Crippen LogP contribution in [0.15, 0.2) is 36.8 Å². The second-order valence-electron chi connectivity index (χ2n) is 7.38. The molecular formula is C20H24N4S. The van der Waals surface area contributed by atoms with Crippen molar-refractivity contribution in [3.8, 4) is 0 Å². The van der Waals surface area contributed by atoms with E-state index in [9.17, 15) is 0 Å². The minimum Gasteiger partial charge on any atom is -0.330 e. The van der Waals surface area contributed by atoms with Crippen LogP contribution in [0.3, 0.4) is 0 Å². The average molecular weight is 353 g/mol.